The summed E-state index contributed by atoms with van der Waals surface area (Å²) in [6.45, 7) is 0.0803. The zero-order valence-electron chi connectivity index (χ0n) is 9.32. The molecule has 0 aliphatic rings. The van der Waals surface area contributed by atoms with Gasteiger partial charge < -0.3 is 14.7 Å². The SMILES string of the molecule is CN(CCO)C(=O)COc1cc(Cl)cc(Cl)c1. The lowest BCUT2D eigenvalue weighted by molar-refractivity contribution is -0.132. The molecule has 0 saturated heterocycles. The lowest BCUT2D eigenvalue weighted by Crippen LogP contribution is -2.33. The zero-order chi connectivity index (χ0) is 12.8. The van der Waals surface area contributed by atoms with Gasteiger partial charge in [-0.15, -0.1) is 0 Å². The molecule has 1 aromatic rings. The molecule has 0 bridgehead atoms. The van der Waals surface area contributed by atoms with Crippen molar-refractivity contribution in [3.05, 3.63) is 28.2 Å². The van der Waals surface area contributed by atoms with E-state index in [1.807, 2.05) is 0 Å². The molecule has 4 nitrogen and oxygen atoms in total. The molecule has 0 unspecified atom stereocenters. The topological polar surface area (TPSA) is 49.8 Å². The predicted molar refractivity (Wildman–Crippen MR) is 66.7 cm³/mol. The average molecular weight is 278 g/mol. The molecule has 1 amide bonds. The van der Waals surface area contributed by atoms with E-state index in [1.165, 1.54) is 4.90 Å². The first-order chi connectivity index (χ1) is 8.02. The molecule has 0 aromatic heterocycles. The second-order valence-electron chi connectivity index (χ2n) is 3.43. The average Bonchev–Trinajstić information content (AvgIpc) is 2.25. The minimum atomic E-state index is -0.227. The van der Waals surface area contributed by atoms with Gasteiger partial charge in [0, 0.05) is 23.6 Å². The number of nitrogens with zero attached hydrogens (tertiary/aromatic N) is 1. The number of amides is 1. The fourth-order valence-electron chi connectivity index (χ4n) is 1.14. The molecule has 6 heteroatoms. The van der Waals surface area contributed by atoms with Crippen molar-refractivity contribution < 1.29 is 14.6 Å². The van der Waals surface area contributed by atoms with Crippen LogP contribution in [-0.4, -0.2) is 42.7 Å². The Balaban J connectivity index is 2.52. The predicted octanol–water partition coefficient (Wildman–Crippen LogP) is 1.82. The zero-order valence-corrected chi connectivity index (χ0v) is 10.8. The van der Waals surface area contributed by atoms with Crippen molar-refractivity contribution in [2.45, 2.75) is 0 Å². The molecular weight excluding hydrogens is 265 g/mol. The fourth-order valence-corrected chi connectivity index (χ4v) is 1.65. The Morgan fingerprint density at radius 3 is 2.47 bits per heavy atom. The molecule has 1 aromatic carbocycles. The summed E-state index contributed by atoms with van der Waals surface area (Å²) in [6, 6.07) is 4.73. The molecule has 1 rings (SSSR count). The molecule has 17 heavy (non-hydrogen) atoms. The summed E-state index contributed by atoms with van der Waals surface area (Å²) in [5, 5.41) is 9.57. The van der Waals surface area contributed by atoms with Crippen molar-refractivity contribution in [2.24, 2.45) is 0 Å². The van der Waals surface area contributed by atoms with Gasteiger partial charge in [-0.1, -0.05) is 23.2 Å². The van der Waals surface area contributed by atoms with Crippen molar-refractivity contribution in [3.8, 4) is 5.75 Å². The van der Waals surface area contributed by atoms with E-state index in [-0.39, 0.29) is 25.7 Å². The largest absolute Gasteiger partial charge is 0.484 e. The Morgan fingerprint density at radius 1 is 1.35 bits per heavy atom. The highest BCUT2D eigenvalue weighted by Gasteiger charge is 2.09. The Hall–Kier alpha value is -0.970. The Bertz CT molecular complexity index is 378. The standard InChI is InChI=1S/C11H13Cl2NO3/c1-14(2-3-15)11(16)7-17-10-5-8(12)4-9(13)6-10/h4-6,15H,2-3,7H2,1H3. The first-order valence-electron chi connectivity index (χ1n) is 4.96. The van der Waals surface area contributed by atoms with Crippen LogP contribution in [0.2, 0.25) is 10.0 Å². The van der Waals surface area contributed by atoms with Crippen LogP contribution in [0.5, 0.6) is 5.75 Å². The second kappa shape index (κ2) is 6.69. The molecule has 0 heterocycles. The minimum Gasteiger partial charge on any atom is -0.484 e. The number of hydrogen-bond acceptors (Lipinski definition) is 3. The van der Waals surface area contributed by atoms with Crippen LogP contribution in [-0.2, 0) is 4.79 Å². The third kappa shape index (κ3) is 4.81. The summed E-state index contributed by atoms with van der Waals surface area (Å²) >= 11 is 11.6. The van der Waals surface area contributed by atoms with Gasteiger partial charge in [0.15, 0.2) is 6.61 Å². The van der Waals surface area contributed by atoms with E-state index in [2.05, 4.69) is 0 Å². The third-order valence-corrected chi connectivity index (χ3v) is 2.50. The second-order valence-corrected chi connectivity index (χ2v) is 4.31. The van der Waals surface area contributed by atoms with Crippen LogP contribution >= 0.6 is 23.2 Å². The Labute approximate surface area is 110 Å². The first kappa shape index (κ1) is 14.1. The quantitative estimate of drug-likeness (QED) is 0.893. The highest BCUT2D eigenvalue weighted by atomic mass is 35.5. The van der Waals surface area contributed by atoms with E-state index in [4.69, 9.17) is 33.0 Å². The van der Waals surface area contributed by atoms with Gasteiger partial charge >= 0.3 is 0 Å². The summed E-state index contributed by atoms with van der Waals surface area (Å²) in [5.41, 5.74) is 0. The van der Waals surface area contributed by atoms with Crippen LogP contribution < -0.4 is 4.74 Å². The molecule has 0 aliphatic heterocycles. The van der Waals surface area contributed by atoms with Gasteiger partial charge in [-0.25, -0.2) is 0 Å². The molecule has 0 fully saturated rings. The number of likely N-dealkylation sites (N-methyl/N-ethyl adjacent to an activating group) is 1. The number of benzene rings is 1. The first-order valence-corrected chi connectivity index (χ1v) is 5.72. The fraction of sp³-hybridized carbons (Fsp3) is 0.364. The highest BCUT2D eigenvalue weighted by molar-refractivity contribution is 6.34. The van der Waals surface area contributed by atoms with Gasteiger partial charge in [0.1, 0.15) is 5.75 Å². The molecule has 0 spiro atoms. The van der Waals surface area contributed by atoms with Crippen molar-refractivity contribution in [1.29, 1.82) is 0 Å². The van der Waals surface area contributed by atoms with Crippen LogP contribution in [0.15, 0.2) is 18.2 Å². The van der Waals surface area contributed by atoms with Crippen LogP contribution in [0.3, 0.4) is 0 Å². The normalized spacial score (nSPS) is 10.1. The maximum absolute atomic E-state index is 11.5. The van der Waals surface area contributed by atoms with Gasteiger partial charge in [-0.3, -0.25) is 4.79 Å². The minimum absolute atomic E-state index is 0.0781. The molecular formula is C11H13Cl2NO3. The molecule has 94 valence electrons. The number of rotatable bonds is 5. The molecule has 0 radical (unpaired) electrons. The van der Waals surface area contributed by atoms with Gasteiger partial charge in [0.2, 0.25) is 0 Å². The van der Waals surface area contributed by atoms with E-state index in [1.54, 1.807) is 25.2 Å². The monoisotopic (exact) mass is 277 g/mol. The smallest absolute Gasteiger partial charge is 0.260 e. The van der Waals surface area contributed by atoms with Crippen molar-refractivity contribution >= 4 is 29.1 Å². The summed E-state index contributed by atoms with van der Waals surface area (Å²) in [5.74, 6) is 0.211. The van der Waals surface area contributed by atoms with Crippen molar-refractivity contribution in [2.75, 3.05) is 26.8 Å². The summed E-state index contributed by atoms with van der Waals surface area (Å²) in [7, 11) is 1.59. The van der Waals surface area contributed by atoms with Crippen molar-refractivity contribution in [3.63, 3.8) is 0 Å². The van der Waals surface area contributed by atoms with E-state index >= 15 is 0 Å². The number of halogens is 2. The lowest BCUT2D eigenvalue weighted by Gasteiger charge is -2.16. The lowest BCUT2D eigenvalue weighted by atomic mass is 10.3. The maximum Gasteiger partial charge on any atom is 0.260 e. The van der Waals surface area contributed by atoms with Crippen LogP contribution in [0.25, 0.3) is 0 Å². The number of carbonyl (C=O) groups excluding carboxylic acids is 1. The number of ether oxygens (including phenoxy) is 1. The van der Waals surface area contributed by atoms with Gasteiger partial charge in [-0.2, -0.15) is 0 Å². The number of aliphatic hydroxyl groups excluding tert-OH is 1. The van der Waals surface area contributed by atoms with E-state index in [0.717, 1.165) is 0 Å². The molecule has 1 N–H and O–H groups in total. The number of hydrogen-bond donors (Lipinski definition) is 1. The maximum atomic E-state index is 11.5. The van der Waals surface area contributed by atoms with Gasteiger partial charge in [-0.05, 0) is 18.2 Å². The van der Waals surface area contributed by atoms with Gasteiger partial charge in [0.05, 0.1) is 6.61 Å². The van der Waals surface area contributed by atoms with E-state index < -0.39 is 0 Å². The summed E-state index contributed by atoms with van der Waals surface area (Å²) < 4.78 is 5.26. The molecule has 0 atom stereocenters. The van der Waals surface area contributed by atoms with Crippen molar-refractivity contribution in [1.82, 2.24) is 4.90 Å². The molecule has 0 saturated carbocycles. The van der Waals surface area contributed by atoms with E-state index in [0.29, 0.717) is 15.8 Å². The summed E-state index contributed by atoms with van der Waals surface area (Å²) in [4.78, 5) is 12.9. The van der Waals surface area contributed by atoms with Crippen LogP contribution in [0.1, 0.15) is 0 Å². The Morgan fingerprint density at radius 2 is 1.94 bits per heavy atom. The summed E-state index contributed by atoms with van der Waals surface area (Å²) in [6.07, 6.45) is 0. The third-order valence-electron chi connectivity index (χ3n) is 2.06. The molecule has 0 aliphatic carbocycles. The van der Waals surface area contributed by atoms with Crippen LogP contribution in [0, 0.1) is 0 Å². The number of aliphatic hydroxyl groups is 1. The number of carbonyl (C=O) groups is 1. The van der Waals surface area contributed by atoms with Crippen LogP contribution in [0.4, 0.5) is 0 Å². The highest BCUT2D eigenvalue weighted by Crippen LogP contribution is 2.24. The van der Waals surface area contributed by atoms with E-state index in [9.17, 15) is 4.79 Å². The Kier molecular flexibility index (Phi) is 5.55. The van der Waals surface area contributed by atoms with Gasteiger partial charge in [0.25, 0.3) is 5.91 Å².